The first kappa shape index (κ1) is 16.6. The van der Waals surface area contributed by atoms with E-state index >= 15 is 0 Å². The van der Waals surface area contributed by atoms with E-state index in [0.717, 1.165) is 6.17 Å². The first-order valence-corrected chi connectivity index (χ1v) is 10.1. The van der Waals surface area contributed by atoms with Gasteiger partial charge in [-0.05, 0) is 0 Å². The van der Waals surface area contributed by atoms with E-state index in [1.807, 2.05) is 0 Å². The van der Waals surface area contributed by atoms with E-state index < -0.39 is 8.07 Å². The fraction of sp³-hybridized carbons (Fsp3) is 0.929. The van der Waals surface area contributed by atoms with Crippen LogP contribution in [0.25, 0.3) is 0 Å². The van der Waals surface area contributed by atoms with Crippen molar-refractivity contribution in [3.63, 3.8) is 0 Å². The highest BCUT2D eigenvalue weighted by molar-refractivity contribution is 6.80. The topological polar surface area (TPSA) is 29.4 Å². The Morgan fingerprint density at radius 2 is 1.29 bits per heavy atom. The fourth-order valence-electron chi connectivity index (χ4n) is 2.47. The van der Waals surface area contributed by atoms with Gasteiger partial charge < -0.3 is 0 Å². The highest BCUT2D eigenvalue weighted by Gasteiger charge is 2.30. The van der Waals surface area contributed by atoms with Gasteiger partial charge in [0.15, 0.2) is 0 Å². The Kier molecular flexibility index (Phi) is 10.5. The summed E-state index contributed by atoms with van der Waals surface area (Å²) in [6.07, 6.45) is 10.3. The van der Waals surface area contributed by atoms with E-state index in [4.69, 9.17) is 0 Å². The number of unbranched alkanes of at least 4 members (excludes halogenated alkanes) is 3. The van der Waals surface area contributed by atoms with Crippen LogP contribution in [0.5, 0.6) is 0 Å². The molecule has 0 bridgehead atoms. The van der Waals surface area contributed by atoms with Crippen molar-refractivity contribution in [1.82, 2.24) is 0 Å². The summed E-state index contributed by atoms with van der Waals surface area (Å²) in [6, 6.07) is 4.07. The molecule has 0 rings (SSSR count). The van der Waals surface area contributed by atoms with Gasteiger partial charge >= 0.3 is 0 Å². The SMILES string of the molecule is CCCC[Si](CCCC)(CCCC)CN=C=O. The maximum absolute atomic E-state index is 10.4. The third kappa shape index (κ3) is 7.51. The Morgan fingerprint density at radius 3 is 1.59 bits per heavy atom. The van der Waals surface area contributed by atoms with E-state index in [0.29, 0.717) is 0 Å². The van der Waals surface area contributed by atoms with Crippen molar-refractivity contribution in [1.29, 1.82) is 0 Å². The van der Waals surface area contributed by atoms with Gasteiger partial charge in [-0.25, -0.2) is 9.79 Å². The molecule has 100 valence electrons. The lowest BCUT2D eigenvalue weighted by Gasteiger charge is -2.30. The summed E-state index contributed by atoms with van der Waals surface area (Å²) in [6.45, 7) is 6.76. The summed E-state index contributed by atoms with van der Waals surface area (Å²) in [5.74, 6) is 0. The van der Waals surface area contributed by atoms with Crippen LogP contribution < -0.4 is 0 Å². The van der Waals surface area contributed by atoms with Crippen molar-refractivity contribution in [3.8, 4) is 0 Å². The van der Waals surface area contributed by atoms with Crippen LogP contribution in [0.2, 0.25) is 18.1 Å². The molecule has 2 nitrogen and oxygen atoms in total. The zero-order valence-electron chi connectivity index (χ0n) is 11.9. The Morgan fingerprint density at radius 1 is 0.882 bits per heavy atom. The van der Waals surface area contributed by atoms with Gasteiger partial charge in [-0.15, -0.1) is 0 Å². The molecule has 0 saturated carbocycles. The van der Waals surface area contributed by atoms with Crippen molar-refractivity contribution < 1.29 is 4.79 Å². The number of aliphatic imine (C=N–C) groups is 1. The van der Waals surface area contributed by atoms with E-state index in [1.54, 1.807) is 6.08 Å². The zero-order chi connectivity index (χ0) is 13.0. The second kappa shape index (κ2) is 10.7. The van der Waals surface area contributed by atoms with Gasteiger partial charge in [0.05, 0.1) is 8.07 Å². The van der Waals surface area contributed by atoms with Crippen molar-refractivity contribution in [3.05, 3.63) is 0 Å². The number of nitrogens with zero attached hydrogens (tertiary/aromatic N) is 1. The number of isocyanates is 1. The molecule has 0 unspecified atom stereocenters. The molecule has 17 heavy (non-hydrogen) atoms. The Labute approximate surface area is 108 Å². The van der Waals surface area contributed by atoms with Crippen molar-refractivity contribution in [2.45, 2.75) is 77.4 Å². The minimum atomic E-state index is -1.31. The van der Waals surface area contributed by atoms with Gasteiger partial charge in [-0.3, -0.25) is 0 Å². The first-order chi connectivity index (χ1) is 8.24. The van der Waals surface area contributed by atoms with Crippen molar-refractivity contribution in [2.75, 3.05) is 6.17 Å². The lowest BCUT2D eigenvalue weighted by molar-refractivity contribution is 0.564. The molecule has 0 fully saturated rings. The van der Waals surface area contributed by atoms with Gasteiger partial charge in [-0.2, -0.15) is 0 Å². The summed E-state index contributed by atoms with van der Waals surface area (Å²) in [5.41, 5.74) is 0. The van der Waals surface area contributed by atoms with Gasteiger partial charge in [0.2, 0.25) is 6.08 Å². The van der Waals surface area contributed by atoms with Crippen molar-refractivity contribution in [2.24, 2.45) is 4.99 Å². The molecule has 0 heterocycles. The van der Waals surface area contributed by atoms with Crippen LogP contribution in [0, 0.1) is 0 Å². The monoisotopic (exact) mass is 255 g/mol. The molecule has 0 N–H and O–H groups in total. The van der Waals surface area contributed by atoms with Crippen LogP contribution >= 0.6 is 0 Å². The van der Waals surface area contributed by atoms with Crippen LogP contribution in [0.4, 0.5) is 0 Å². The molecular formula is C14H29NOSi. The maximum Gasteiger partial charge on any atom is 0.234 e. The number of carbonyl (C=O) groups excluding carboxylic acids is 1. The lowest BCUT2D eigenvalue weighted by atomic mass is 10.4. The number of rotatable bonds is 11. The van der Waals surface area contributed by atoms with Crippen LogP contribution in [0.1, 0.15) is 59.3 Å². The summed E-state index contributed by atoms with van der Waals surface area (Å²) < 4.78 is 0. The standard InChI is InChI=1S/C14H29NOSi/c1-4-7-10-17(11-8-5-2,12-9-6-3)14-15-13-16/h4-12,14H2,1-3H3. The predicted octanol–water partition coefficient (Wildman–Crippen LogP) is 4.71. The van der Waals surface area contributed by atoms with Gasteiger partial charge in [0.1, 0.15) is 0 Å². The molecule has 0 aromatic rings. The third-order valence-corrected chi connectivity index (χ3v) is 8.73. The predicted molar refractivity (Wildman–Crippen MR) is 77.9 cm³/mol. The average molecular weight is 255 g/mol. The smallest absolute Gasteiger partial charge is 0.211 e. The normalized spacial score (nSPS) is 11.2. The zero-order valence-corrected chi connectivity index (χ0v) is 12.9. The van der Waals surface area contributed by atoms with Gasteiger partial charge in [-0.1, -0.05) is 77.4 Å². The molecule has 0 aliphatic carbocycles. The largest absolute Gasteiger partial charge is 0.234 e. The van der Waals surface area contributed by atoms with Crippen LogP contribution in [0.15, 0.2) is 4.99 Å². The summed E-state index contributed by atoms with van der Waals surface area (Å²) in [5, 5.41) is 0. The first-order valence-electron chi connectivity index (χ1n) is 7.28. The molecule has 0 radical (unpaired) electrons. The fourth-order valence-corrected chi connectivity index (χ4v) is 7.40. The van der Waals surface area contributed by atoms with E-state index in [2.05, 4.69) is 25.8 Å². The molecular weight excluding hydrogens is 226 g/mol. The van der Waals surface area contributed by atoms with E-state index in [-0.39, 0.29) is 0 Å². The van der Waals surface area contributed by atoms with Gasteiger partial charge in [0.25, 0.3) is 0 Å². The third-order valence-electron chi connectivity index (χ3n) is 3.66. The highest BCUT2D eigenvalue weighted by atomic mass is 28.3. The summed E-state index contributed by atoms with van der Waals surface area (Å²) in [7, 11) is -1.31. The Hall–Kier alpha value is -0.403. The molecule has 3 heteroatoms. The second-order valence-corrected chi connectivity index (χ2v) is 10.0. The van der Waals surface area contributed by atoms with Gasteiger partial charge in [0, 0.05) is 6.17 Å². The maximum atomic E-state index is 10.4. The summed E-state index contributed by atoms with van der Waals surface area (Å²) in [4.78, 5) is 14.4. The van der Waals surface area contributed by atoms with Crippen LogP contribution in [0.3, 0.4) is 0 Å². The molecule has 0 spiro atoms. The van der Waals surface area contributed by atoms with Crippen LogP contribution in [-0.2, 0) is 4.79 Å². The lowest BCUT2D eigenvalue weighted by Crippen LogP contribution is -2.38. The Bertz CT molecular complexity index is 202. The average Bonchev–Trinajstić information content (AvgIpc) is 2.37. The second-order valence-electron chi connectivity index (χ2n) is 5.22. The van der Waals surface area contributed by atoms with E-state index in [1.165, 1.54) is 56.7 Å². The minimum Gasteiger partial charge on any atom is -0.211 e. The molecule has 0 aromatic carbocycles. The minimum absolute atomic E-state index is 0.830. The molecule has 0 saturated heterocycles. The van der Waals surface area contributed by atoms with Crippen LogP contribution in [-0.4, -0.2) is 20.3 Å². The quantitative estimate of drug-likeness (QED) is 0.299. The molecule has 0 aliphatic heterocycles. The summed E-state index contributed by atoms with van der Waals surface area (Å²) >= 11 is 0. The highest BCUT2D eigenvalue weighted by Crippen LogP contribution is 2.28. The molecule has 0 amide bonds. The molecule has 0 aliphatic rings. The Balaban J connectivity index is 4.56. The molecule has 0 aromatic heterocycles. The van der Waals surface area contributed by atoms with E-state index in [9.17, 15) is 4.79 Å². The number of hydrogen-bond donors (Lipinski definition) is 0. The number of hydrogen-bond acceptors (Lipinski definition) is 2. The van der Waals surface area contributed by atoms with Crippen molar-refractivity contribution >= 4 is 14.2 Å². The molecule has 0 atom stereocenters.